The summed E-state index contributed by atoms with van der Waals surface area (Å²) >= 11 is 0. The van der Waals surface area contributed by atoms with Crippen molar-refractivity contribution in [1.82, 2.24) is 0 Å². The van der Waals surface area contributed by atoms with E-state index in [1.165, 1.54) is 51.9 Å². The maximum absolute atomic E-state index is 9.29. The highest BCUT2D eigenvalue weighted by atomic mass is 16.5. The molecule has 0 fully saturated rings. The van der Waals surface area contributed by atoms with Gasteiger partial charge in [0, 0.05) is 24.4 Å². The number of rotatable bonds is 3. The van der Waals surface area contributed by atoms with Crippen molar-refractivity contribution in [3.05, 3.63) is 93.5 Å². The molecular weight excluding hydrogens is 418 g/mol. The number of nitriles is 2. The van der Waals surface area contributed by atoms with E-state index >= 15 is 0 Å². The Hall–Kier alpha value is -4.02. The SMILES string of the molecule is CC1=CC(=C(C#N)C#N)C=C(C=Cc2cc3c4c(c2-c2ccc(C)cc2)CCCN4CCC3)O1. The molecule has 0 spiro atoms. The summed E-state index contributed by atoms with van der Waals surface area (Å²) in [5, 5.41) is 18.6. The predicted octanol–water partition coefficient (Wildman–Crippen LogP) is 6.54. The minimum absolute atomic E-state index is 0.0900. The third-order valence-electron chi connectivity index (χ3n) is 6.77. The van der Waals surface area contributed by atoms with Crippen molar-refractivity contribution in [2.75, 3.05) is 18.0 Å². The van der Waals surface area contributed by atoms with Gasteiger partial charge in [-0.2, -0.15) is 10.5 Å². The summed E-state index contributed by atoms with van der Waals surface area (Å²) in [5.41, 5.74) is 10.00. The number of hydrogen-bond acceptors (Lipinski definition) is 4. The van der Waals surface area contributed by atoms with E-state index in [0.29, 0.717) is 17.1 Å². The van der Waals surface area contributed by atoms with Crippen LogP contribution in [-0.4, -0.2) is 13.1 Å². The van der Waals surface area contributed by atoms with E-state index in [4.69, 9.17) is 4.74 Å². The normalized spacial score (nSPS) is 16.7. The van der Waals surface area contributed by atoms with Gasteiger partial charge in [-0.3, -0.25) is 0 Å². The number of aryl methyl sites for hydroxylation is 2. The second-order valence-corrected chi connectivity index (χ2v) is 9.18. The van der Waals surface area contributed by atoms with Crippen LogP contribution in [0.3, 0.4) is 0 Å². The molecule has 0 bridgehead atoms. The van der Waals surface area contributed by atoms with Crippen molar-refractivity contribution < 1.29 is 4.74 Å². The van der Waals surface area contributed by atoms with Crippen LogP contribution in [0, 0.1) is 29.6 Å². The third kappa shape index (κ3) is 4.04. The zero-order valence-electron chi connectivity index (χ0n) is 19.7. The van der Waals surface area contributed by atoms with Crippen LogP contribution in [0.15, 0.2) is 71.2 Å². The van der Waals surface area contributed by atoms with Gasteiger partial charge in [0.05, 0.1) is 0 Å². The molecule has 4 nitrogen and oxygen atoms in total. The van der Waals surface area contributed by atoms with E-state index in [9.17, 15) is 10.5 Å². The van der Waals surface area contributed by atoms with E-state index in [-0.39, 0.29) is 5.57 Å². The summed E-state index contributed by atoms with van der Waals surface area (Å²) in [6, 6.07) is 15.1. The summed E-state index contributed by atoms with van der Waals surface area (Å²) in [7, 11) is 0. The summed E-state index contributed by atoms with van der Waals surface area (Å²) in [5.74, 6) is 1.29. The van der Waals surface area contributed by atoms with Gasteiger partial charge in [-0.15, -0.1) is 0 Å². The molecule has 0 atom stereocenters. The minimum atomic E-state index is 0.0900. The van der Waals surface area contributed by atoms with Gasteiger partial charge in [0.2, 0.25) is 0 Å². The van der Waals surface area contributed by atoms with Gasteiger partial charge < -0.3 is 9.64 Å². The first-order valence-electron chi connectivity index (χ1n) is 11.9. The number of anilines is 1. The van der Waals surface area contributed by atoms with Gasteiger partial charge in [0.25, 0.3) is 0 Å². The summed E-state index contributed by atoms with van der Waals surface area (Å²) in [6.07, 6.45) is 12.1. The van der Waals surface area contributed by atoms with Crippen molar-refractivity contribution in [2.45, 2.75) is 39.5 Å². The molecule has 5 rings (SSSR count). The Bertz CT molecular complexity index is 1340. The molecule has 0 radical (unpaired) electrons. The average Bonchev–Trinajstić information content (AvgIpc) is 2.84. The minimum Gasteiger partial charge on any atom is -0.462 e. The zero-order chi connectivity index (χ0) is 23.7. The molecule has 0 saturated heterocycles. The van der Waals surface area contributed by atoms with Crippen LogP contribution in [0.4, 0.5) is 5.69 Å². The number of hydrogen-bond donors (Lipinski definition) is 0. The fourth-order valence-corrected chi connectivity index (χ4v) is 5.29. The Morgan fingerprint density at radius 2 is 1.71 bits per heavy atom. The summed E-state index contributed by atoms with van der Waals surface area (Å²) in [6.45, 7) is 6.24. The molecule has 2 aromatic rings. The highest BCUT2D eigenvalue weighted by molar-refractivity contribution is 5.86. The number of allylic oxidation sites excluding steroid dienone is 6. The van der Waals surface area contributed by atoms with E-state index in [2.05, 4.69) is 48.2 Å². The molecule has 3 aliphatic rings. The first-order valence-corrected chi connectivity index (χ1v) is 11.9. The van der Waals surface area contributed by atoms with Crippen LogP contribution in [0.1, 0.15) is 42.0 Å². The van der Waals surface area contributed by atoms with Gasteiger partial charge in [0.15, 0.2) is 0 Å². The lowest BCUT2D eigenvalue weighted by atomic mass is 9.83. The second-order valence-electron chi connectivity index (χ2n) is 9.18. The Morgan fingerprint density at radius 1 is 0.971 bits per heavy atom. The molecule has 2 aromatic carbocycles. The first kappa shape index (κ1) is 21.8. The predicted molar refractivity (Wildman–Crippen MR) is 136 cm³/mol. The van der Waals surface area contributed by atoms with E-state index in [0.717, 1.165) is 25.9 Å². The highest BCUT2D eigenvalue weighted by Crippen LogP contribution is 2.43. The molecule has 0 N–H and O–H groups in total. The van der Waals surface area contributed by atoms with Crippen LogP contribution in [0.5, 0.6) is 0 Å². The second kappa shape index (κ2) is 9.08. The van der Waals surface area contributed by atoms with Crippen LogP contribution in [0.2, 0.25) is 0 Å². The van der Waals surface area contributed by atoms with E-state index in [1.807, 2.05) is 25.1 Å². The van der Waals surface area contributed by atoms with Gasteiger partial charge in [-0.05, 0) is 91.6 Å². The van der Waals surface area contributed by atoms with E-state index < -0.39 is 0 Å². The van der Waals surface area contributed by atoms with Crippen LogP contribution in [-0.2, 0) is 17.6 Å². The maximum Gasteiger partial charge on any atom is 0.137 e. The molecule has 0 aliphatic carbocycles. The van der Waals surface area contributed by atoms with E-state index in [1.54, 1.807) is 12.2 Å². The summed E-state index contributed by atoms with van der Waals surface area (Å²) < 4.78 is 5.91. The van der Waals surface area contributed by atoms with Gasteiger partial charge in [-0.1, -0.05) is 35.9 Å². The van der Waals surface area contributed by atoms with Gasteiger partial charge in [0.1, 0.15) is 29.2 Å². The molecule has 0 amide bonds. The lowest BCUT2D eigenvalue weighted by Gasteiger charge is -2.38. The van der Waals surface area contributed by atoms with Gasteiger partial charge in [-0.25, -0.2) is 0 Å². The quantitative estimate of drug-likeness (QED) is 0.504. The van der Waals surface area contributed by atoms with Crippen LogP contribution in [0.25, 0.3) is 17.2 Å². The smallest absolute Gasteiger partial charge is 0.137 e. The molecule has 0 aromatic heterocycles. The Kier molecular flexibility index (Phi) is 5.83. The van der Waals surface area contributed by atoms with Crippen molar-refractivity contribution in [3.63, 3.8) is 0 Å². The molecule has 0 saturated carbocycles. The number of nitrogens with zero attached hydrogens (tertiary/aromatic N) is 3. The zero-order valence-corrected chi connectivity index (χ0v) is 19.7. The average molecular weight is 446 g/mol. The molecule has 3 heterocycles. The Balaban J connectivity index is 1.64. The topological polar surface area (TPSA) is 60.0 Å². The molecular formula is C30H27N3O. The van der Waals surface area contributed by atoms with Crippen molar-refractivity contribution in [1.29, 1.82) is 10.5 Å². The maximum atomic E-state index is 9.29. The number of ether oxygens (including phenoxy) is 1. The Morgan fingerprint density at radius 3 is 2.44 bits per heavy atom. The number of benzene rings is 2. The van der Waals surface area contributed by atoms with Crippen molar-refractivity contribution >= 4 is 11.8 Å². The third-order valence-corrected chi connectivity index (χ3v) is 6.77. The fraction of sp³-hybridized carbons (Fsp3) is 0.267. The van der Waals surface area contributed by atoms with Crippen molar-refractivity contribution in [3.8, 4) is 23.3 Å². The first-order chi connectivity index (χ1) is 16.6. The molecule has 34 heavy (non-hydrogen) atoms. The van der Waals surface area contributed by atoms with Gasteiger partial charge >= 0.3 is 0 Å². The summed E-state index contributed by atoms with van der Waals surface area (Å²) in [4.78, 5) is 2.58. The largest absolute Gasteiger partial charge is 0.462 e. The molecule has 4 heteroatoms. The van der Waals surface area contributed by atoms with Crippen molar-refractivity contribution in [2.24, 2.45) is 0 Å². The standard InChI is InChI=1S/C30H27N3O/c1-20-7-9-22(10-8-20)29-23(16-24-5-3-13-33-14-4-6-28(29)30(24)33)11-12-27-17-25(15-21(2)34-27)26(18-31)19-32/h7-12,15-17H,3-6,13-14H2,1-2H3. The molecule has 168 valence electrons. The monoisotopic (exact) mass is 445 g/mol. The Labute approximate surface area is 201 Å². The lowest BCUT2D eigenvalue weighted by molar-refractivity contribution is 0.318. The van der Waals surface area contributed by atoms with Crippen LogP contribution >= 0.6 is 0 Å². The highest BCUT2D eigenvalue weighted by Gasteiger charge is 2.27. The van der Waals surface area contributed by atoms with Crippen LogP contribution < -0.4 is 4.90 Å². The molecule has 0 unspecified atom stereocenters. The lowest BCUT2D eigenvalue weighted by Crippen LogP contribution is -2.34. The molecule has 3 aliphatic heterocycles. The fourth-order valence-electron chi connectivity index (χ4n) is 5.29.